The number of nitrogens with zero attached hydrogens (tertiary/aromatic N) is 2. The van der Waals surface area contributed by atoms with E-state index in [0.717, 1.165) is 18.2 Å². The number of pyridine rings is 1. The molecule has 12 heteroatoms. The van der Waals surface area contributed by atoms with Gasteiger partial charge in [-0.05, 0) is 35.9 Å². The fourth-order valence-corrected chi connectivity index (χ4v) is 3.35. The summed E-state index contributed by atoms with van der Waals surface area (Å²) in [6, 6.07) is 8.08. The maximum Gasteiger partial charge on any atom is 0.295 e. The number of aliphatic hydroxyl groups excluding tert-OH is 1. The Labute approximate surface area is 163 Å². The van der Waals surface area contributed by atoms with Crippen LogP contribution in [0.25, 0.3) is 10.9 Å². The van der Waals surface area contributed by atoms with E-state index in [4.69, 9.17) is 0 Å². The van der Waals surface area contributed by atoms with Crippen LogP contribution >= 0.6 is 0 Å². The van der Waals surface area contributed by atoms with E-state index in [-0.39, 0.29) is 22.2 Å². The van der Waals surface area contributed by atoms with Crippen molar-refractivity contribution in [3.05, 3.63) is 64.3 Å². The molecule has 0 spiro atoms. The summed E-state index contributed by atoms with van der Waals surface area (Å²) < 4.78 is 32.8. The summed E-state index contributed by atoms with van der Waals surface area (Å²) in [6.07, 6.45) is -0.503. The Morgan fingerprint density at radius 2 is 1.86 bits per heavy atom. The lowest BCUT2D eigenvalue weighted by Gasteiger charge is -2.15. The monoisotopic (exact) mass is 419 g/mol. The van der Waals surface area contributed by atoms with Gasteiger partial charge in [0.15, 0.2) is 11.9 Å². The molecule has 3 rings (SSSR count). The number of nitrogens with one attached hydrogen (secondary N) is 1. The minimum atomic E-state index is -4.72. The molecule has 0 aliphatic rings. The molecule has 11 nitrogen and oxygen atoms in total. The van der Waals surface area contributed by atoms with Gasteiger partial charge in [-0.3, -0.25) is 24.4 Å². The number of anilines is 1. The first-order valence-electron chi connectivity index (χ1n) is 7.91. The highest BCUT2D eigenvalue weighted by atomic mass is 32.2. The van der Waals surface area contributed by atoms with E-state index in [9.17, 15) is 38.1 Å². The zero-order chi connectivity index (χ0) is 21.3. The zero-order valence-corrected chi connectivity index (χ0v) is 15.2. The highest BCUT2D eigenvalue weighted by molar-refractivity contribution is 7.86. The smallest absolute Gasteiger partial charge is 0.295 e. The van der Waals surface area contributed by atoms with E-state index in [2.05, 4.69) is 10.3 Å². The molecule has 0 radical (unpaired) electrons. The first kappa shape index (κ1) is 20.1. The van der Waals surface area contributed by atoms with E-state index in [1.807, 2.05) is 0 Å². The molecule has 0 saturated heterocycles. The molecule has 0 saturated carbocycles. The van der Waals surface area contributed by atoms with E-state index in [1.165, 1.54) is 30.5 Å². The fourth-order valence-electron chi connectivity index (χ4n) is 2.64. The SMILES string of the molecule is O=C(Nc1cc(S(=O)(=O)O)c2cccnc2c1O)C(O)c1ccc([N+](=O)[O-])cc1. The van der Waals surface area contributed by atoms with Crippen molar-refractivity contribution >= 4 is 38.3 Å². The minimum absolute atomic E-state index is 0.0292. The number of benzene rings is 2. The standard InChI is InChI=1S/C17H13N3O8S/c21-15(9-3-5-10(6-4-9)20(24)25)17(23)19-12-8-13(29(26,27)28)11-2-1-7-18-14(11)16(12)22/h1-8,15,21-22H,(H,19,23)(H,26,27,28). The van der Waals surface area contributed by atoms with Crippen LogP contribution in [0.5, 0.6) is 5.75 Å². The van der Waals surface area contributed by atoms with E-state index >= 15 is 0 Å². The summed E-state index contributed by atoms with van der Waals surface area (Å²) in [5.74, 6) is -1.62. The van der Waals surface area contributed by atoms with Crippen molar-refractivity contribution in [2.24, 2.45) is 0 Å². The van der Waals surface area contributed by atoms with Crippen molar-refractivity contribution in [2.45, 2.75) is 11.0 Å². The first-order chi connectivity index (χ1) is 13.6. The van der Waals surface area contributed by atoms with Gasteiger partial charge < -0.3 is 15.5 Å². The molecule has 1 atom stereocenters. The quantitative estimate of drug-likeness (QED) is 0.207. The molecular formula is C17H13N3O8S. The molecule has 4 N–H and O–H groups in total. The Morgan fingerprint density at radius 1 is 1.21 bits per heavy atom. The second-order valence-electron chi connectivity index (χ2n) is 5.89. The van der Waals surface area contributed by atoms with Gasteiger partial charge in [0.2, 0.25) is 0 Å². The van der Waals surface area contributed by atoms with Crippen molar-refractivity contribution in [3.8, 4) is 5.75 Å². The summed E-state index contributed by atoms with van der Waals surface area (Å²) in [4.78, 5) is 25.6. The van der Waals surface area contributed by atoms with Crippen LogP contribution in [0.2, 0.25) is 0 Å². The second kappa shape index (κ2) is 7.43. The van der Waals surface area contributed by atoms with E-state index in [0.29, 0.717) is 0 Å². The third kappa shape index (κ3) is 3.99. The van der Waals surface area contributed by atoms with Gasteiger partial charge in [-0.15, -0.1) is 0 Å². The topological polar surface area (TPSA) is 180 Å². The van der Waals surface area contributed by atoms with Crippen LogP contribution < -0.4 is 5.32 Å². The van der Waals surface area contributed by atoms with Gasteiger partial charge in [-0.1, -0.05) is 0 Å². The Hall–Kier alpha value is -3.61. The molecule has 0 fully saturated rings. The lowest BCUT2D eigenvalue weighted by Crippen LogP contribution is -2.21. The number of nitro benzene ring substituents is 1. The maximum absolute atomic E-state index is 12.3. The Morgan fingerprint density at radius 3 is 2.45 bits per heavy atom. The lowest BCUT2D eigenvalue weighted by molar-refractivity contribution is -0.384. The number of aliphatic hydroxyl groups is 1. The largest absolute Gasteiger partial charge is 0.504 e. The summed E-state index contributed by atoms with van der Waals surface area (Å²) in [6.45, 7) is 0. The van der Waals surface area contributed by atoms with Gasteiger partial charge >= 0.3 is 0 Å². The van der Waals surface area contributed by atoms with Crippen LogP contribution in [-0.2, 0) is 14.9 Å². The predicted octanol–water partition coefficient (Wildman–Crippen LogP) is 1.77. The Balaban J connectivity index is 1.98. The number of carbonyl (C=O) groups excluding carboxylic acids is 1. The number of hydrogen-bond donors (Lipinski definition) is 4. The molecule has 1 amide bonds. The van der Waals surface area contributed by atoms with Gasteiger partial charge in [0.05, 0.1) is 10.6 Å². The van der Waals surface area contributed by atoms with Crippen LogP contribution in [0.4, 0.5) is 11.4 Å². The lowest BCUT2D eigenvalue weighted by atomic mass is 10.1. The van der Waals surface area contributed by atoms with E-state index in [1.54, 1.807) is 0 Å². The Kier molecular flexibility index (Phi) is 5.16. The molecule has 1 unspecified atom stereocenters. The number of carbonyl (C=O) groups is 1. The van der Waals surface area contributed by atoms with Crippen LogP contribution in [0, 0.1) is 10.1 Å². The second-order valence-corrected chi connectivity index (χ2v) is 7.28. The van der Waals surface area contributed by atoms with E-state index < -0.39 is 43.4 Å². The van der Waals surface area contributed by atoms with Gasteiger partial charge in [0.25, 0.3) is 21.7 Å². The van der Waals surface area contributed by atoms with Crippen LogP contribution in [0.3, 0.4) is 0 Å². The third-order valence-electron chi connectivity index (χ3n) is 4.03. The molecular weight excluding hydrogens is 406 g/mol. The number of aromatic nitrogens is 1. The predicted molar refractivity (Wildman–Crippen MR) is 99.9 cm³/mol. The number of phenols is 1. The van der Waals surface area contributed by atoms with Crippen LogP contribution in [0.15, 0.2) is 53.6 Å². The average Bonchev–Trinajstić information content (AvgIpc) is 2.68. The van der Waals surface area contributed by atoms with Crippen molar-refractivity contribution in [2.75, 3.05) is 5.32 Å². The third-order valence-corrected chi connectivity index (χ3v) is 4.93. The molecule has 1 aromatic heterocycles. The fraction of sp³-hybridized carbons (Fsp3) is 0.0588. The van der Waals surface area contributed by atoms with Crippen molar-refractivity contribution in [1.82, 2.24) is 4.98 Å². The number of non-ortho nitro benzene ring substituents is 1. The summed E-state index contributed by atoms with van der Waals surface area (Å²) >= 11 is 0. The maximum atomic E-state index is 12.3. The number of hydrogen-bond acceptors (Lipinski definition) is 8. The molecule has 2 aromatic carbocycles. The highest BCUT2D eigenvalue weighted by Gasteiger charge is 2.24. The van der Waals surface area contributed by atoms with Crippen molar-refractivity contribution in [1.29, 1.82) is 0 Å². The number of amides is 1. The van der Waals surface area contributed by atoms with Crippen molar-refractivity contribution in [3.63, 3.8) is 0 Å². The zero-order valence-electron chi connectivity index (χ0n) is 14.4. The summed E-state index contributed by atoms with van der Waals surface area (Å²) in [5.41, 5.74) is -0.809. The van der Waals surface area contributed by atoms with Crippen molar-refractivity contribution < 1.29 is 32.9 Å². The number of rotatable bonds is 5. The molecule has 150 valence electrons. The van der Waals surface area contributed by atoms with Gasteiger partial charge in [-0.25, -0.2) is 0 Å². The number of aromatic hydroxyl groups is 1. The first-order valence-corrected chi connectivity index (χ1v) is 9.35. The molecule has 3 aromatic rings. The normalized spacial score (nSPS) is 12.5. The van der Waals surface area contributed by atoms with Gasteiger partial charge in [-0.2, -0.15) is 8.42 Å². The average molecular weight is 419 g/mol. The minimum Gasteiger partial charge on any atom is -0.504 e. The summed E-state index contributed by atoms with van der Waals surface area (Å²) in [5, 5.41) is 33.3. The highest BCUT2D eigenvalue weighted by Crippen LogP contribution is 2.36. The number of phenolic OH excluding ortho intramolecular Hbond substituents is 1. The Bertz CT molecular complexity index is 1230. The molecule has 0 aliphatic carbocycles. The van der Waals surface area contributed by atoms with Crippen LogP contribution in [0.1, 0.15) is 11.7 Å². The molecule has 1 heterocycles. The van der Waals surface area contributed by atoms with Gasteiger partial charge in [0, 0.05) is 23.7 Å². The van der Waals surface area contributed by atoms with Gasteiger partial charge in [0.1, 0.15) is 10.4 Å². The molecule has 29 heavy (non-hydrogen) atoms. The number of fused-ring (bicyclic) bond motifs is 1. The molecule has 0 aliphatic heterocycles. The van der Waals surface area contributed by atoms with Crippen LogP contribution in [-0.4, -0.2) is 39.0 Å². The number of nitro groups is 1. The molecule has 0 bridgehead atoms. The summed E-state index contributed by atoms with van der Waals surface area (Å²) in [7, 11) is -4.72.